The summed E-state index contributed by atoms with van der Waals surface area (Å²) in [5.74, 6) is -0.574. The second-order valence-corrected chi connectivity index (χ2v) is 7.47. The molecule has 0 spiro atoms. The van der Waals surface area contributed by atoms with Crippen molar-refractivity contribution < 1.29 is 17.9 Å². The molecule has 2 heterocycles. The molecule has 3 rings (SSSR count). The molecular formula is C15H15NO4S2. The highest BCUT2D eigenvalue weighted by atomic mass is 32.2. The van der Waals surface area contributed by atoms with Gasteiger partial charge in [-0.25, -0.2) is 13.2 Å². The largest absolute Gasteiger partial charge is 0.464 e. The van der Waals surface area contributed by atoms with E-state index in [-0.39, 0.29) is 17.9 Å². The molecule has 0 saturated carbocycles. The van der Waals surface area contributed by atoms with E-state index in [0.29, 0.717) is 5.56 Å². The molecule has 0 aliphatic carbocycles. The Bertz CT molecular complexity index is 799. The number of thiophene rings is 1. The minimum absolute atomic E-state index is 0.137. The summed E-state index contributed by atoms with van der Waals surface area (Å²) >= 11 is 1.50. The van der Waals surface area contributed by atoms with Gasteiger partial charge in [0.1, 0.15) is 0 Å². The first-order chi connectivity index (χ1) is 10.5. The normalized spacial score (nSPS) is 22.2. The second kappa shape index (κ2) is 5.49. The quantitative estimate of drug-likeness (QED) is 0.867. The fraction of sp³-hybridized carbons (Fsp3) is 0.267. The average molecular weight is 337 g/mol. The number of ether oxygens (including phenoxy) is 1. The summed E-state index contributed by atoms with van der Waals surface area (Å²) < 4.78 is 32.5. The van der Waals surface area contributed by atoms with E-state index in [1.54, 1.807) is 25.1 Å². The zero-order valence-corrected chi connectivity index (χ0v) is 13.5. The van der Waals surface area contributed by atoms with Gasteiger partial charge in [0.25, 0.3) is 0 Å². The highest BCUT2D eigenvalue weighted by Crippen LogP contribution is 2.39. The molecule has 0 radical (unpaired) electrons. The number of nitrogens with one attached hydrogen (secondary N) is 1. The van der Waals surface area contributed by atoms with Crippen LogP contribution in [0.25, 0.3) is 0 Å². The van der Waals surface area contributed by atoms with Crippen LogP contribution in [-0.4, -0.2) is 21.0 Å². The number of sulfonamides is 1. The fourth-order valence-corrected chi connectivity index (χ4v) is 4.99. The number of fused-ring (bicyclic) bond motifs is 1. The van der Waals surface area contributed by atoms with Crippen molar-refractivity contribution in [2.75, 3.05) is 6.61 Å². The minimum Gasteiger partial charge on any atom is -0.464 e. The number of benzene rings is 1. The topological polar surface area (TPSA) is 72.5 Å². The first-order valence-electron chi connectivity index (χ1n) is 6.81. The van der Waals surface area contributed by atoms with E-state index < -0.39 is 21.5 Å². The van der Waals surface area contributed by atoms with Gasteiger partial charge >= 0.3 is 5.97 Å². The van der Waals surface area contributed by atoms with Crippen molar-refractivity contribution >= 4 is 27.3 Å². The van der Waals surface area contributed by atoms with E-state index in [2.05, 4.69) is 4.72 Å². The summed E-state index contributed by atoms with van der Waals surface area (Å²) in [5, 5.41) is 3.79. The van der Waals surface area contributed by atoms with E-state index in [1.807, 2.05) is 16.8 Å². The molecule has 1 atom stereocenters. The molecule has 22 heavy (non-hydrogen) atoms. The SMILES string of the molecule is CCOC(=O)[C@]1(Cc2ccsc2)NS(=O)(=O)c2ccccc21. The molecule has 1 aliphatic rings. The zero-order chi connectivity index (χ0) is 15.8. The van der Waals surface area contributed by atoms with Gasteiger partial charge < -0.3 is 4.74 Å². The number of esters is 1. The van der Waals surface area contributed by atoms with E-state index in [9.17, 15) is 13.2 Å². The van der Waals surface area contributed by atoms with Crippen molar-refractivity contribution in [3.8, 4) is 0 Å². The third-order valence-corrected chi connectivity index (χ3v) is 5.90. The van der Waals surface area contributed by atoms with Crippen LogP contribution in [0.1, 0.15) is 18.1 Å². The van der Waals surface area contributed by atoms with Gasteiger partial charge in [-0.3, -0.25) is 0 Å². The number of hydrogen-bond donors (Lipinski definition) is 1. The molecule has 5 nitrogen and oxygen atoms in total. The Morgan fingerprint density at radius 1 is 1.32 bits per heavy atom. The maximum absolute atomic E-state index is 12.6. The third kappa shape index (κ3) is 2.35. The highest BCUT2D eigenvalue weighted by molar-refractivity contribution is 7.90. The Morgan fingerprint density at radius 2 is 2.09 bits per heavy atom. The molecule has 2 aromatic rings. The van der Waals surface area contributed by atoms with Gasteiger partial charge in [-0.2, -0.15) is 16.1 Å². The number of hydrogen-bond acceptors (Lipinski definition) is 5. The monoisotopic (exact) mass is 337 g/mol. The van der Waals surface area contributed by atoms with E-state index in [0.717, 1.165) is 5.56 Å². The van der Waals surface area contributed by atoms with Gasteiger partial charge in [-0.1, -0.05) is 18.2 Å². The summed E-state index contributed by atoms with van der Waals surface area (Å²) in [4.78, 5) is 12.7. The summed E-state index contributed by atoms with van der Waals surface area (Å²) in [6.07, 6.45) is 0.228. The number of rotatable bonds is 4. The zero-order valence-electron chi connectivity index (χ0n) is 11.9. The molecule has 0 bridgehead atoms. The van der Waals surface area contributed by atoms with Crippen LogP contribution < -0.4 is 4.72 Å². The lowest BCUT2D eigenvalue weighted by atomic mass is 9.85. The lowest BCUT2D eigenvalue weighted by Gasteiger charge is -2.26. The summed E-state index contributed by atoms with van der Waals surface area (Å²) in [6, 6.07) is 8.41. The van der Waals surface area contributed by atoms with Crippen molar-refractivity contribution in [3.63, 3.8) is 0 Å². The molecule has 1 aromatic carbocycles. The highest BCUT2D eigenvalue weighted by Gasteiger charge is 2.53. The van der Waals surface area contributed by atoms with Gasteiger partial charge in [-0.05, 0) is 35.4 Å². The van der Waals surface area contributed by atoms with Crippen molar-refractivity contribution in [1.82, 2.24) is 4.72 Å². The molecule has 0 amide bonds. The maximum Gasteiger partial charge on any atom is 0.332 e. The second-order valence-electron chi connectivity index (χ2n) is 5.04. The van der Waals surface area contributed by atoms with Gasteiger partial charge in [0.05, 0.1) is 11.5 Å². The Morgan fingerprint density at radius 3 is 2.77 bits per heavy atom. The predicted molar refractivity (Wildman–Crippen MR) is 83.1 cm³/mol. The summed E-state index contributed by atoms with van der Waals surface area (Å²) in [7, 11) is -3.73. The Kier molecular flexibility index (Phi) is 3.80. The van der Waals surface area contributed by atoms with Crippen LogP contribution >= 0.6 is 11.3 Å². The molecule has 0 saturated heterocycles. The van der Waals surface area contributed by atoms with E-state index >= 15 is 0 Å². The molecule has 1 N–H and O–H groups in total. The van der Waals surface area contributed by atoms with Crippen LogP contribution in [0.3, 0.4) is 0 Å². The van der Waals surface area contributed by atoms with Crippen LogP contribution in [0.4, 0.5) is 0 Å². The van der Waals surface area contributed by atoms with Crippen molar-refractivity contribution in [2.45, 2.75) is 23.8 Å². The fourth-order valence-electron chi connectivity index (χ4n) is 2.70. The third-order valence-electron chi connectivity index (χ3n) is 3.62. The van der Waals surface area contributed by atoms with Gasteiger partial charge in [0, 0.05) is 12.0 Å². The molecule has 0 fully saturated rings. The van der Waals surface area contributed by atoms with Gasteiger partial charge in [-0.15, -0.1) is 0 Å². The Hall–Kier alpha value is -1.70. The van der Waals surface area contributed by atoms with Gasteiger partial charge in [0.15, 0.2) is 5.54 Å². The van der Waals surface area contributed by atoms with Crippen LogP contribution in [0.5, 0.6) is 0 Å². The molecule has 116 valence electrons. The van der Waals surface area contributed by atoms with Crippen LogP contribution in [0.15, 0.2) is 46.0 Å². The Balaban J connectivity index is 2.17. The summed E-state index contributed by atoms with van der Waals surface area (Å²) in [5.41, 5.74) is -0.0657. The van der Waals surface area contributed by atoms with Crippen LogP contribution in [-0.2, 0) is 31.5 Å². The summed E-state index contributed by atoms with van der Waals surface area (Å²) in [6.45, 7) is 1.89. The molecule has 0 unspecified atom stereocenters. The number of carbonyl (C=O) groups is 1. The molecule has 1 aliphatic heterocycles. The molecule has 1 aromatic heterocycles. The Labute approximate surface area is 133 Å². The first kappa shape index (κ1) is 15.2. The minimum atomic E-state index is -3.73. The van der Waals surface area contributed by atoms with Crippen molar-refractivity contribution in [1.29, 1.82) is 0 Å². The standard InChI is InChI=1S/C15H15NO4S2/c1-2-20-14(17)15(9-11-7-8-21-10-11)12-5-3-4-6-13(12)22(18,19)16-15/h3-8,10,16H,2,9H2,1H3/t15-/m1/s1. The number of carbonyl (C=O) groups excluding carboxylic acids is 1. The van der Waals surface area contributed by atoms with E-state index in [1.165, 1.54) is 17.4 Å². The van der Waals surface area contributed by atoms with E-state index in [4.69, 9.17) is 4.74 Å². The van der Waals surface area contributed by atoms with Crippen LogP contribution in [0, 0.1) is 0 Å². The van der Waals surface area contributed by atoms with Crippen LogP contribution in [0.2, 0.25) is 0 Å². The maximum atomic E-state index is 12.6. The first-order valence-corrected chi connectivity index (χ1v) is 9.24. The van der Waals surface area contributed by atoms with Crippen molar-refractivity contribution in [3.05, 3.63) is 52.2 Å². The van der Waals surface area contributed by atoms with Gasteiger partial charge in [0.2, 0.25) is 10.0 Å². The van der Waals surface area contributed by atoms with Crippen molar-refractivity contribution in [2.24, 2.45) is 0 Å². The smallest absolute Gasteiger partial charge is 0.332 e. The predicted octanol–water partition coefficient (Wildman–Crippen LogP) is 2.04. The lowest BCUT2D eigenvalue weighted by Crippen LogP contribution is -2.49. The average Bonchev–Trinajstić information content (AvgIpc) is 3.06. The lowest BCUT2D eigenvalue weighted by molar-refractivity contribution is -0.150. The molecule has 7 heteroatoms. The molecular weight excluding hydrogens is 322 g/mol.